The summed E-state index contributed by atoms with van der Waals surface area (Å²) in [6.45, 7) is 7.61. The summed E-state index contributed by atoms with van der Waals surface area (Å²) in [7, 11) is -3.90. The summed E-state index contributed by atoms with van der Waals surface area (Å²) in [6, 6.07) is 18.8. The van der Waals surface area contributed by atoms with Crippen LogP contribution in [0, 0.1) is 0 Å². The zero-order valence-electron chi connectivity index (χ0n) is 19.8. The predicted octanol–water partition coefficient (Wildman–Crippen LogP) is 3.99. The highest BCUT2D eigenvalue weighted by atomic mass is 32.2. The molecule has 35 heavy (non-hydrogen) atoms. The third-order valence-electron chi connectivity index (χ3n) is 5.81. The molecule has 0 saturated heterocycles. The smallest absolute Gasteiger partial charge is 0.261 e. The van der Waals surface area contributed by atoms with Crippen LogP contribution in [-0.4, -0.2) is 39.1 Å². The molecule has 0 unspecified atom stereocenters. The van der Waals surface area contributed by atoms with E-state index in [9.17, 15) is 13.2 Å². The van der Waals surface area contributed by atoms with E-state index in [1.807, 2.05) is 12.1 Å². The second kappa shape index (κ2) is 10.8. The minimum atomic E-state index is -3.90. The number of sulfonamides is 1. The monoisotopic (exact) mass is 495 g/mol. The van der Waals surface area contributed by atoms with Gasteiger partial charge < -0.3 is 14.8 Å². The highest BCUT2D eigenvalue weighted by Gasteiger charge is 2.19. The minimum absolute atomic E-state index is 0.0106. The maximum Gasteiger partial charge on any atom is 0.261 e. The van der Waals surface area contributed by atoms with Gasteiger partial charge in [0.15, 0.2) is 11.5 Å². The first-order valence-corrected chi connectivity index (χ1v) is 13.0. The third kappa shape index (κ3) is 6.12. The van der Waals surface area contributed by atoms with Crippen LogP contribution in [0.3, 0.4) is 0 Å². The fourth-order valence-electron chi connectivity index (χ4n) is 3.73. The number of amides is 1. The normalized spacial score (nSPS) is 12.5. The Hall–Kier alpha value is -3.56. The van der Waals surface area contributed by atoms with Crippen molar-refractivity contribution in [1.82, 2.24) is 10.2 Å². The fourth-order valence-corrected chi connectivity index (χ4v) is 4.83. The first kappa shape index (κ1) is 24.6. The van der Waals surface area contributed by atoms with Gasteiger partial charge in [-0.15, -0.1) is 0 Å². The summed E-state index contributed by atoms with van der Waals surface area (Å²) < 4.78 is 38.8. The molecule has 4 rings (SSSR count). The Morgan fingerprint density at radius 2 is 1.63 bits per heavy atom. The molecule has 0 bridgehead atoms. The largest absolute Gasteiger partial charge is 0.454 e. The molecule has 184 valence electrons. The van der Waals surface area contributed by atoms with Crippen molar-refractivity contribution in [3.05, 3.63) is 83.4 Å². The molecule has 3 aromatic rings. The summed E-state index contributed by atoms with van der Waals surface area (Å²) in [6.07, 6.45) is 0. The minimum Gasteiger partial charge on any atom is -0.454 e. The molecule has 0 aromatic heterocycles. The van der Waals surface area contributed by atoms with Crippen LogP contribution in [0.25, 0.3) is 0 Å². The van der Waals surface area contributed by atoms with E-state index in [1.165, 1.54) is 17.7 Å². The van der Waals surface area contributed by atoms with Crippen LogP contribution in [0.1, 0.15) is 35.3 Å². The highest BCUT2D eigenvalue weighted by molar-refractivity contribution is 7.92. The Labute approximate surface area is 205 Å². The van der Waals surface area contributed by atoms with Gasteiger partial charge >= 0.3 is 0 Å². The number of fused-ring (bicyclic) bond motifs is 1. The van der Waals surface area contributed by atoms with Crippen molar-refractivity contribution in [2.24, 2.45) is 0 Å². The molecule has 0 aliphatic carbocycles. The molecule has 2 N–H and O–H groups in total. The molecular formula is C26H29N3O5S. The van der Waals surface area contributed by atoms with Crippen molar-refractivity contribution >= 4 is 21.6 Å². The van der Waals surface area contributed by atoms with E-state index in [2.05, 4.69) is 40.9 Å². The Balaban J connectivity index is 1.38. The number of ether oxygens (including phenoxy) is 2. The fraction of sp³-hybridized carbons (Fsp3) is 0.269. The van der Waals surface area contributed by atoms with Crippen LogP contribution >= 0.6 is 0 Å². The highest BCUT2D eigenvalue weighted by Crippen LogP contribution is 2.34. The van der Waals surface area contributed by atoms with Crippen molar-refractivity contribution in [1.29, 1.82) is 0 Å². The molecule has 0 fully saturated rings. The molecular weight excluding hydrogens is 466 g/mol. The van der Waals surface area contributed by atoms with Crippen LogP contribution in [0.15, 0.2) is 71.6 Å². The number of rotatable bonds is 10. The lowest BCUT2D eigenvalue weighted by Crippen LogP contribution is -2.23. The summed E-state index contributed by atoms with van der Waals surface area (Å²) in [5.74, 6) is 0.682. The summed E-state index contributed by atoms with van der Waals surface area (Å²) in [5.41, 5.74) is 2.79. The van der Waals surface area contributed by atoms with Crippen molar-refractivity contribution < 1.29 is 22.7 Å². The Bertz CT molecular complexity index is 1290. The van der Waals surface area contributed by atoms with E-state index >= 15 is 0 Å². The second-order valence-corrected chi connectivity index (χ2v) is 9.84. The molecule has 3 aromatic carbocycles. The summed E-state index contributed by atoms with van der Waals surface area (Å²) >= 11 is 0. The lowest BCUT2D eigenvalue weighted by atomic mass is 10.1. The van der Waals surface area contributed by atoms with E-state index in [1.54, 1.807) is 30.3 Å². The Kier molecular flexibility index (Phi) is 7.57. The Morgan fingerprint density at radius 3 is 2.37 bits per heavy atom. The number of nitrogens with zero attached hydrogens (tertiary/aromatic N) is 1. The van der Waals surface area contributed by atoms with E-state index < -0.39 is 10.0 Å². The molecule has 1 amide bonds. The second-order valence-electron chi connectivity index (χ2n) is 8.16. The van der Waals surface area contributed by atoms with E-state index in [4.69, 9.17) is 9.47 Å². The standard InChI is InChI=1S/C26H29N3O5S/c1-3-29(4-2)17-20-10-8-19(9-11-20)16-27-26(30)21-6-5-7-23(14-21)35(31,32)28-22-12-13-24-25(15-22)34-18-33-24/h5-15,28H,3-4,16-18H2,1-2H3,(H,27,30). The Morgan fingerprint density at radius 1 is 0.914 bits per heavy atom. The average Bonchev–Trinajstić information content (AvgIpc) is 3.34. The number of carbonyl (C=O) groups excluding carboxylic acids is 1. The molecule has 0 atom stereocenters. The van der Waals surface area contributed by atoms with Gasteiger partial charge in [-0.3, -0.25) is 14.4 Å². The first-order chi connectivity index (χ1) is 16.9. The van der Waals surface area contributed by atoms with E-state index in [0.29, 0.717) is 23.7 Å². The van der Waals surface area contributed by atoms with Gasteiger partial charge in [0.1, 0.15) is 0 Å². The van der Waals surface area contributed by atoms with Gasteiger partial charge in [0, 0.05) is 24.7 Å². The topological polar surface area (TPSA) is 97.0 Å². The average molecular weight is 496 g/mol. The predicted molar refractivity (Wildman–Crippen MR) is 134 cm³/mol. The SMILES string of the molecule is CCN(CC)Cc1ccc(CNC(=O)c2cccc(S(=O)(=O)Nc3ccc4c(c3)OCO4)c2)cc1. The van der Waals surface area contributed by atoms with Crippen molar-refractivity contribution in [2.75, 3.05) is 24.6 Å². The molecule has 9 heteroatoms. The van der Waals surface area contributed by atoms with Crippen LogP contribution in [-0.2, 0) is 23.1 Å². The number of carbonyl (C=O) groups is 1. The van der Waals surface area contributed by atoms with Gasteiger partial charge in [-0.25, -0.2) is 8.42 Å². The van der Waals surface area contributed by atoms with Gasteiger partial charge in [-0.2, -0.15) is 0 Å². The van der Waals surface area contributed by atoms with Gasteiger partial charge in [0.25, 0.3) is 15.9 Å². The quantitative estimate of drug-likeness (QED) is 0.442. The number of anilines is 1. The van der Waals surface area contributed by atoms with Crippen molar-refractivity contribution in [2.45, 2.75) is 31.8 Å². The maximum absolute atomic E-state index is 12.9. The van der Waals surface area contributed by atoms with E-state index in [-0.39, 0.29) is 23.2 Å². The number of benzene rings is 3. The lowest BCUT2D eigenvalue weighted by Gasteiger charge is -2.18. The van der Waals surface area contributed by atoms with Gasteiger partial charge in [0.2, 0.25) is 6.79 Å². The third-order valence-corrected chi connectivity index (χ3v) is 7.19. The van der Waals surface area contributed by atoms with Crippen LogP contribution in [0.2, 0.25) is 0 Å². The maximum atomic E-state index is 12.9. The lowest BCUT2D eigenvalue weighted by molar-refractivity contribution is 0.0950. The molecule has 0 saturated carbocycles. The number of hydrogen-bond donors (Lipinski definition) is 2. The molecule has 8 nitrogen and oxygen atoms in total. The number of hydrogen-bond acceptors (Lipinski definition) is 6. The van der Waals surface area contributed by atoms with Crippen LogP contribution in [0.4, 0.5) is 5.69 Å². The van der Waals surface area contributed by atoms with Gasteiger partial charge in [-0.1, -0.05) is 44.2 Å². The first-order valence-electron chi connectivity index (χ1n) is 11.5. The van der Waals surface area contributed by atoms with E-state index in [0.717, 1.165) is 25.2 Å². The van der Waals surface area contributed by atoms with Crippen molar-refractivity contribution in [3.63, 3.8) is 0 Å². The van der Waals surface area contributed by atoms with Gasteiger partial charge in [0.05, 0.1) is 10.6 Å². The molecule has 1 aliphatic rings. The number of nitrogens with one attached hydrogen (secondary N) is 2. The van der Waals surface area contributed by atoms with Crippen molar-refractivity contribution in [3.8, 4) is 11.5 Å². The molecule has 0 spiro atoms. The van der Waals surface area contributed by atoms with Crippen LogP contribution in [0.5, 0.6) is 11.5 Å². The van der Waals surface area contributed by atoms with Gasteiger partial charge in [-0.05, 0) is 54.5 Å². The molecule has 1 aliphatic heterocycles. The summed E-state index contributed by atoms with van der Waals surface area (Å²) in [5, 5.41) is 2.86. The molecule has 0 radical (unpaired) electrons. The zero-order valence-corrected chi connectivity index (χ0v) is 20.6. The molecule has 1 heterocycles. The van der Waals surface area contributed by atoms with Crippen LogP contribution < -0.4 is 19.5 Å². The summed E-state index contributed by atoms with van der Waals surface area (Å²) in [4.78, 5) is 15.0. The zero-order chi connectivity index (χ0) is 24.8.